The maximum atomic E-state index is 11.2. The van der Waals surface area contributed by atoms with Gasteiger partial charge in [0.05, 0.1) is 11.4 Å². The quantitative estimate of drug-likeness (QED) is 0.575. The Kier molecular flexibility index (Phi) is 2.12. The van der Waals surface area contributed by atoms with E-state index in [1.54, 1.807) is 6.20 Å². The molecule has 0 fully saturated rings. The van der Waals surface area contributed by atoms with Crippen molar-refractivity contribution in [1.82, 2.24) is 14.1 Å². The van der Waals surface area contributed by atoms with E-state index in [2.05, 4.69) is 15.6 Å². The molecular formula is C15H11N3O2. The summed E-state index contributed by atoms with van der Waals surface area (Å²) in [5.41, 5.74) is 3.10. The summed E-state index contributed by atoms with van der Waals surface area (Å²) in [5, 5.41) is 9.17. The number of para-hydroxylation sites is 1. The largest absolute Gasteiger partial charge is 0.476 e. The summed E-state index contributed by atoms with van der Waals surface area (Å²) >= 11 is 0. The zero-order valence-electron chi connectivity index (χ0n) is 10.5. The van der Waals surface area contributed by atoms with Crippen LogP contribution in [0.3, 0.4) is 0 Å². The van der Waals surface area contributed by atoms with E-state index in [4.69, 9.17) is 5.11 Å². The fraction of sp³-hybridized carbons (Fsp3) is 0.0667. The van der Waals surface area contributed by atoms with E-state index in [0.717, 1.165) is 23.5 Å². The van der Waals surface area contributed by atoms with E-state index in [-0.39, 0.29) is 5.69 Å². The van der Waals surface area contributed by atoms with Gasteiger partial charge in [-0.1, -0.05) is 18.2 Å². The first-order valence-electron chi connectivity index (χ1n) is 6.30. The highest BCUT2D eigenvalue weighted by molar-refractivity contribution is 5.86. The number of imidazole rings is 1. The Bertz CT molecular complexity index is 829. The monoisotopic (exact) mass is 265 g/mol. The lowest BCUT2D eigenvalue weighted by Crippen LogP contribution is -2.00. The van der Waals surface area contributed by atoms with Crippen molar-refractivity contribution in [3.63, 3.8) is 0 Å². The smallest absolute Gasteiger partial charge is 0.356 e. The van der Waals surface area contributed by atoms with Crippen molar-refractivity contribution >= 4 is 5.97 Å². The molecule has 0 saturated carbocycles. The Morgan fingerprint density at radius 1 is 1.20 bits per heavy atom. The van der Waals surface area contributed by atoms with E-state index in [1.807, 2.05) is 41.1 Å². The molecule has 98 valence electrons. The predicted molar refractivity (Wildman–Crippen MR) is 73.1 cm³/mol. The molecule has 5 heteroatoms. The van der Waals surface area contributed by atoms with Crippen LogP contribution in [0.1, 0.15) is 16.1 Å². The third-order valence-corrected chi connectivity index (χ3v) is 3.58. The molecule has 0 saturated heterocycles. The number of carboxylic acids is 1. The number of fused-ring (bicyclic) bond motifs is 5. The molecule has 1 N–H and O–H groups in total. The lowest BCUT2D eigenvalue weighted by molar-refractivity contribution is 0.0691. The number of aromatic carboxylic acids is 1. The van der Waals surface area contributed by atoms with Crippen molar-refractivity contribution in [2.24, 2.45) is 0 Å². The van der Waals surface area contributed by atoms with Crippen molar-refractivity contribution in [2.75, 3.05) is 0 Å². The van der Waals surface area contributed by atoms with Crippen molar-refractivity contribution in [3.05, 3.63) is 60.0 Å². The molecule has 0 bridgehead atoms. The van der Waals surface area contributed by atoms with E-state index in [1.165, 1.54) is 0 Å². The fourth-order valence-corrected chi connectivity index (χ4v) is 2.67. The van der Waals surface area contributed by atoms with Crippen LogP contribution in [0, 0.1) is 0 Å². The molecule has 0 radical (unpaired) electrons. The SMILES string of the molecule is O=C(O)c1cn2c(n1)-c1cccn1Cc1ccccc1-2. The first-order valence-corrected chi connectivity index (χ1v) is 6.30. The van der Waals surface area contributed by atoms with Gasteiger partial charge < -0.3 is 9.67 Å². The number of rotatable bonds is 1. The van der Waals surface area contributed by atoms with Gasteiger partial charge in [-0.25, -0.2) is 9.78 Å². The molecule has 0 spiro atoms. The van der Waals surface area contributed by atoms with Crippen LogP contribution in [-0.4, -0.2) is 25.2 Å². The molecule has 4 rings (SSSR count). The zero-order valence-corrected chi connectivity index (χ0v) is 10.5. The summed E-state index contributed by atoms with van der Waals surface area (Å²) in [6.07, 6.45) is 3.57. The zero-order chi connectivity index (χ0) is 13.7. The lowest BCUT2D eigenvalue weighted by Gasteiger charge is -2.07. The van der Waals surface area contributed by atoms with Crippen molar-refractivity contribution in [2.45, 2.75) is 6.54 Å². The van der Waals surface area contributed by atoms with E-state index >= 15 is 0 Å². The van der Waals surface area contributed by atoms with Gasteiger partial charge in [-0.05, 0) is 23.8 Å². The third-order valence-electron chi connectivity index (χ3n) is 3.58. The number of benzene rings is 1. The second-order valence-electron chi connectivity index (χ2n) is 4.77. The molecule has 5 nitrogen and oxygen atoms in total. The van der Waals surface area contributed by atoms with Gasteiger partial charge in [0.1, 0.15) is 0 Å². The molecule has 1 aromatic carbocycles. The number of nitrogens with zero attached hydrogens (tertiary/aromatic N) is 3. The lowest BCUT2D eigenvalue weighted by atomic mass is 10.2. The summed E-state index contributed by atoms with van der Waals surface area (Å²) in [5.74, 6) is -0.349. The van der Waals surface area contributed by atoms with Crippen molar-refractivity contribution in [1.29, 1.82) is 0 Å². The highest BCUT2D eigenvalue weighted by Crippen LogP contribution is 2.30. The summed E-state index contributed by atoms with van der Waals surface area (Å²) in [6, 6.07) is 11.9. The van der Waals surface area contributed by atoms with Gasteiger partial charge in [0, 0.05) is 18.9 Å². The molecule has 3 heterocycles. The second kappa shape index (κ2) is 3.84. The summed E-state index contributed by atoms with van der Waals surface area (Å²) in [7, 11) is 0. The van der Waals surface area contributed by atoms with E-state index in [0.29, 0.717) is 5.82 Å². The predicted octanol–water partition coefficient (Wildman–Crippen LogP) is 2.40. The second-order valence-corrected chi connectivity index (χ2v) is 4.77. The van der Waals surface area contributed by atoms with Crippen LogP contribution in [-0.2, 0) is 6.54 Å². The Morgan fingerprint density at radius 3 is 2.90 bits per heavy atom. The number of carboxylic acid groups (broad SMARTS) is 1. The van der Waals surface area contributed by atoms with Gasteiger partial charge >= 0.3 is 5.97 Å². The van der Waals surface area contributed by atoms with Gasteiger partial charge in [-0.2, -0.15) is 0 Å². The molecule has 1 aliphatic heterocycles. The molecule has 0 amide bonds. The topological polar surface area (TPSA) is 60.0 Å². The molecule has 0 atom stereocenters. The normalized spacial score (nSPS) is 12.2. The Balaban J connectivity index is 2.08. The van der Waals surface area contributed by atoms with Crippen LogP contribution in [0.15, 0.2) is 48.8 Å². The molecule has 0 aliphatic carbocycles. The fourth-order valence-electron chi connectivity index (χ4n) is 2.67. The van der Waals surface area contributed by atoms with Crippen LogP contribution in [0.25, 0.3) is 17.2 Å². The van der Waals surface area contributed by atoms with Gasteiger partial charge in [0.2, 0.25) is 0 Å². The summed E-state index contributed by atoms with van der Waals surface area (Å²) in [4.78, 5) is 15.4. The average Bonchev–Trinajstić information content (AvgIpc) is 3.04. The molecular weight excluding hydrogens is 254 g/mol. The highest BCUT2D eigenvalue weighted by atomic mass is 16.4. The molecule has 2 aromatic heterocycles. The molecule has 3 aromatic rings. The first-order chi connectivity index (χ1) is 9.74. The Hall–Kier alpha value is -2.82. The highest BCUT2D eigenvalue weighted by Gasteiger charge is 2.22. The van der Waals surface area contributed by atoms with Gasteiger partial charge in [0.15, 0.2) is 11.5 Å². The van der Waals surface area contributed by atoms with Crippen LogP contribution in [0.2, 0.25) is 0 Å². The van der Waals surface area contributed by atoms with Crippen LogP contribution >= 0.6 is 0 Å². The third kappa shape index (κ3) is 1.43. The summed E-state index contributed by atoms with van der Waals surface area (Å²) in [6.45, 7) is 0.754. The standard InChI is InChI=1S/C15H11N3O2/c19-15(20)11-9-18-12-5-2-1-4-10(12)8-17-7-3-6-13(17)14(18)16-11/h1-7,9H,8H2,(H,19,20). The van der Waals surface area contributed by atoms with Gasteiger partial charge in [0.25, 0.3) is 0 Å². The van der Waals surface area contributed by atoms with Gasteiger partial charge in [-0.3, -0.25) is 4.57 Å². The number of aromatic nitrogens is 3. The minimum absolute atomic E-state index is 0.0597. The molecule has 20 heavy (non-hydrogen) atoms. The number of carbonyl (C=O) groups is 1. The van der Waals surface area contributed by atoms with Crippen LogP contribution < -0.4 is 0 Å². The van der Waals surface area contributed by atoms with Gasteiger partial charge in [-0.15, -0.1) is 0 Å². The number of hydrogen-bond acceptors (Lipinski definition) is 2. The van der Waals surface area contributed by atoms with E-state index in [9.17, 15) is 4.79 Å². The first kappa shape index (κ1) is 11.0. The minimum Gasteiger partial charge on any atom is -0.476 e. The van der Waals surface area contributed by atoms with Crippen LogP contribution in [0.4, 0.5) is 0 Å². The van der Waals surface area contributed by atoms with Crippen LogP contribution in [0.5, 0.6) is 0 Å². The maximum Gasteiger partial charge on any atom is 0.356 e. The van der Waals surface area contributed by atoms with E-state index < -0.39 is 5.97 Å². The van der Waals surface area contributed by atoms with Crippen molar-refractivity contribution < 1.29 is 9.90 Å². The van der Waals surface area contributed by atoms with Crippen molar-refractivity contribution in [3.8, 4) is 17.2 Å². The Labute approximate surface area is 114 Å². The Morgan fingerprint density at radius 2 is 2.05 bits per heavy atom. The number of hydrogen-bond donors (Lipinski definition) is 1. The minimum atomic E-state index is -1.01. The molecule has 0 unspecified atom stereocenters. The maximum absolute atomic E-state index is 11.2. The molecule has 1 aliphatic rings. The summed E-state index contributed by atoms with van der Waals surface area (Å²) < 4.78 is 3.94. The average molecular weight is 265 g/mol.